The number of aromatic nitrogens is 2. The van der Waals surface area contributed by atoms with Gasteiger partial charge in [0.1, 0.15) is 5.65 Å². The van der Waals surface area contributed by atoms with Crippen LogP contribution in [0.4, 0.5) is 4.79 Å². The first kappa shape index (κ1) is 12.2. The minimum absolute atomic E-state index is 0.173. The zero-order chi connectivity index (χ0) is 12.8. The Morgan fingerprint density at radius 1 is 1.50 bits per heavy atom. The summed E-state index contributed by atoms with van der Waals surface area (Å²) in [6.07, 6.45) is 6.10. The van der Waals surface area contributed by atoms with Crippen LogP contribution in [0.1, 0.15) is 5.56 Å². The van der Waals surface area contributed by atoms with E-state index in [9.17, 15) is 4.79 Å². The Balaban J connectivity index is 1.87. The number of hydrogen-bond acceptors (Lipinski definition) is 2. The summed E-state index contributed by atoms with van der Waals surface area (Å²) in [6, 6.07) is 3.75. The molecule has 3 N–H and O–H groups in total. The van der Waals surface area contributed by atoms with Crippen LogP contribution in [0.5, 0.6) is 0 Å². The first-order valence-electron chi connectivity index (χ1n) is 5.85. The van der Waals surface area contributed by atoms with Gasteiger partial charge in [-0.15, -0.1) is 6.58 Å². The third-order valence-corrected chi connectivity index (χ3v) is 2.62. The fourth-order valence-corrected chi connectivity index (χ4v) is 1.76. The zero-order valence-corrected chi connectivity index (χ0v) is 10.1. The average molecular weight is 244 g/mol. The molecule has 18 heavy (non-hydrogen) atoms. The zero-order valence-electron chi connectivity index (χ0n) is 10.1. The van der Waals surface area contributed by atoms with Gasteiger partial charge < -0.3 is 15.6 Å². The second-order valence-electron chi connectivity index (χ2n) is 3.89. The van der Waals surface area contributed by atoms with Gasteiger partial charge in [0.15, 0.2) is 0 Å². The Labute approximate surface area is 105 Å². The molecule has 0 saturated heterocycles. The molecule has 2 rings (SSSR count). The van der Waals surface area contributed by atoms with Gasteiger partial charge in [-0.05, 0) is 24.1 Å². The van der Waals surface area contributed by atoms with Gasteiger partial charge >= 0.3 is 6.03 Å². The molecule has 2 aromatic heterocycles. The second kappa shape index (κ2) is 5.86. The molecule has 0 aliphatic rings. The summed E-state index contributed by atoms with van der Waals surface area (Å²) >= 11 is 0. The van der Waals surface area contributed by atoms with Crippen molar-refractivity contribution in [3.63, 3.8) is 0 Å². The number of amides is 2. The highest BCUT2D eigenvalue weighted by Gasteiger charge is 2.04. The number of hydrogen-bond donors (Lipinski definition) is 3. The van der Waals surface area contributed by atoms with E-state index in [-0.39, 0.29) is 6.03 Å². The van der Waals surface area contributed by atoms with E-state index < -0.39 is 0 Å². The van der Waals surface area contributed by atoms with Crippen molar-refractivity contribution in [2.24, 2.45) is 0 Å². The third kappa shape index (κ3) is 2.88. The van der Waals surface area contributed by atoms with Gasteiger partial charge in [0.25, 0.3) is 0 Å². The number of rotatable bonds is 5. The lowest BCUT2D eigenvalue weighted by Gasteiger charge is -2.05. The summed E-state index contributed by atoms with van der Waals surface area (Å²) in [4.78, 5) is 18.6. The number of H-pyrrole nitrogens is 1. The number of fused-ring (bicyclic) bond motifs is 1. The van der Waals surface area contributed by atoms with Gasteiger partial charge in [-0.1, -0.05) is 6.08 Å². The molecule has 5 heteroatoms. The molecule has 2 aromatic rings. The normalized spacial score (nSPS) is 10.2. The largest absolute Gasteiger partial charge is 0.346 e. The van der Waals surface area contributed by atoms with Crippen LogP contribution in [-0.4, -0.2) is 29.1 Å². The van der Waals surface area contributed by atoms with Crippen LogP contribution in [0.25, 0.3) is 11.0 Å². The van der Waals surface area contributed by atoms with Gasteiger partial charge in [0.05, 0.1) is 0 Å². The fourth-order valence-electron chi connectivity index (χ4n) is 1.76. The first-order chi connectivity index (χ1) is 8.81. The third-order valence-electron chi connectivity index (χ3n) is 2.62. The lowest BCUT2D eigenvalue weighted by Crippen LogP contribution is -2.36. The maximum Gasteiger partial charge on any atom is 0.315 e. The lowest BCUT2D eigenvalue weighted by atomic mass is 10.1. The summed E-state index contributed by atoms with van der Waals surface area (Å²) in [7, 11) is 0. The number of carbonyl (C=O) groups is 1. The number of nitrogens with one attached hydrogen (secondary N) is 3. The second-order valence-corrected chi connectivity index (χ2v) is 3.89. The highest BCUT2D eigenvalue weighted by atomic mass is 16.2. The summed E-state index contributed by atoms with van der Waals surface area (Å²) < 4.78 is 0. The van der Waals surface area contributed by atoms with E-state index in [2.05, 4.69) is 27.2 Å². The molecule has 5 nitrogen and oxygen atoms in total. The van der Waals surface area contributed by atoms with Crippen molar-refractivity contribution in [2.75, 3.05) is 13.1 Å². The van der Waals surface area contributed by atoms with Crippen molar-refractivity contribution in [2.45, 2.75) is 6.42 Å². The van der Waals surface area contributed by atoms with Crippen LogP contribution in [0.15, 0.2) is 37.2 Å². The Morgan fingerprint density at radius 3 is 3.22 bits per heavy atom. The number of aromatic amines is 1. The Bertz CT molecular complexity index is 547. The summed E-state index contributed by atoms with van der Waals surface area (Å²) in [5.74, 6) is 0. The molecule has 2 heterocycles. The molecular formula is C13H16N4O. The standard InChI is InChI=1S/C13H16N4O/c1-2-6-15-13(18)16-8-5-10-9-17-12-11(10)4-3-7-14-12/h2-4,7,9H,1,5-6,8H2,(H,14,17)(H2,15,16,18). The molecule has 94 valence electrons. The number of nitrogens with zero attached hydrogens (tertiary/aromatic N) is 1. The Morgan fingerprint density at radius 2 is 2.39 bits per heavy atom. The van der Waals surface area contributed by atoms with Crippen molar-refractivity contribution in [1.82, 2.24) is 20.6 Å². The molecule has 0 bridgehead atoms. The van der Waals surface area contributed by atoms with Crippen LogP contribution in [0.3, 0.4) is 0 Å². The van der Waals surface area contributed by atoms with E-state index in [0.717, 1.165) is 23.0 Å². The van der Waals surface area contributed by atoms with E-state index in [0.29, 0.717) is 13.1 Å². The topological polar surface area (TPSA) is 69.8 Å². The molecule has 0 saturated carbocycles. The van der Waals surface area contributed by atoms with Crippen LogP contribution in [0.2, 0.25) is 0 Å². The van der Waals surface area contributed by atoms with E-state index in [1.54, 1.807) is 12.3 Å². The minimum atomic E-state index is -0.173. The molecule has 2 amide bonds. The van der Waals surface area contributed by atoms with Crippen molar-refractivity contribution < 1.29 is 4.79 Å². The van der Waals surface area contributed by atoms with E-state index in [1.165, 1.54) is 0 Å². The van der Waals surface area contributed by atoms with Crippen molar-refractivity contribution in [3.05, 3.63) is 42.7 Å². The monoisotopic (exact) mass is 244 g/mol. The van der Waals surface area contributed by atoms with Gasteiger partial charge in [-0.25, -0.2) is 9.78 Å². The van der Waals surface area contributed by atoms with Gasteiger partial charge in [0, 0.05) is 30.9 Å². The summed E-state index contributed by atoms with van der Waals surface area (Å²) in [6.45, 7) is 4.60. The molecule has 0 aliphatic heterocycles. The van der Waals surface area contributed by atoms with Gasteiger partial charge in [0.2, 0.25) is 0 Å². The number of carbonyl (C=O) groups excluding carboxylic acids is 1. The van der Waals surface area contributed by atoms with Gasteiger partial charge in [-0.3, -0.25) is 0 Å². The number of urea groups is 1. The predicted octanol–water partition coefficient (Wildman–Crippen LogP) is 1.59. The molecule has 0 fully saturated rings. The molecule has 0 radical (unpaired) electrons. The number of pyridine rings is 1. The summed E-state index contributed by atoms with van der Waals surface area (Å²) in [5.41, 5.74) is 2.03. The minimum Gasteiger partial charge on any atom is -0.346 e. The van der Waals surface area contributed by atoms with Crippen LogP contribution >= 0.6 is 0 Å². The van der Waals surface area contributed by atoms with Crippen LogP contribution in [-0.2, 0) is 6.42 Å². The maximum atomic E-state index is 11.3. The van der Waals surface area contributed by atoms with Gasteiger partial charge in [-0.2, -0.15) is 0 Å². The predicted molar refractivity (Wildman–Crippen MR) is 71.4 cm³/mol. The van der Waals surface area contributed by atoms with Crippen molar-refractivity contribution >= 4 is 17.1 Å². The Hall–Kier alpha value is -2.30. The molecule has 0 spiro atoms. The van der Waals surface area contributed by atoms with E-state index >= 15 is 0 Å². The highest BCUT2D eigenvalue weighted by Crippen LogP contribution is 2.15. The summed E-state index contributed by atoms with van der Waals surface area (Å²) in [5, 5.41) is 6.55. The van der Waals surface area contributed by atoms with Crippen molar-refractivity contribution in [3.8, 4) is 0 Å². The van der Waals surface area contributed by atoms with E-state index in [1.807, 2.05) is 18.3 Å². The maximum absolute atomic E-state index is 11.3. The molecule has 0 aliphatic carbocycles. The highest BCUT2D eigenvalue weighted by molar-refractivity contribution is 5.79. The Kier molecular flexibility index (Phi) is 3.96. The van der Waals surface area contributed by atoms with Crippen LogP contribution < -0.4 is 10.6 Å². The molecule has 0 atom stereocenters. The molecule has 0 aromatic carbocycles. The molecule has 0 unspecified atom stereocenters. The average Bonchev–Trinajstić information content (AvgIpc) is 2.80. The van der Waals surface area contributed by atoms with E-state index in [4.69, 9.17) is 0 Å². The smallest absolute Gasteiger partial charge is 0.315 e. The SMILES string of the molecule is C=CCNC(=O)NCCc1c[nH]c2ncccc12. The fraction of sp³-hybridized carbons (Fsp3) is 0.231. The van der Waals surface area contributed by atoms with Crippen molar-refractivity contribution in [1.29, 1.82) is 0 Å². The van der Waals surface area contributed by atoms with Crippen LogP contribution in [0, 0.1) is 0 Å². The lowest BCUT2D eigenvalue weighted by molar-refractivity contribution is 0.242. The molecular weight excluding hydrogens is 228 g/mol. The quantitative estimate of drug-likeness (QED) is 0.699. The first-order valence-corrected chi connectivity index (χ1v) is 5.85.